The highest BCUT2D eigenvalue weighted by Crippen LogP contribution is 2.26. The number of aliphatic imine (C=N–C) groups is 1. The Balaban J connectivity index is 2.59. The van der Waals surface area contributed by atoms with Gasteiger partial charge in [0, 0.05) is 12.6 Å². The van der Waals surface area contributed by atoms with Gasteiger partial charge in [-0.2, -0.15) is 21.8 Å². The van der Waals surface area contributed by atoms with E-state index < -0.39 is 35.9 Å². The van der Waals surface area contributed by atoms with Crippen LogP contribution in [0.25, 0.3) is 12.2 Å². The van der Waals surface area contributed by atoms with E-state index in [9.17, 15) is 30.7 Å². The molecule has 1 amide bonds. The maximum atomic E-state index is 11.7. The number of carbonyl (C=O) groups excluding carboxylic acids is 1. The maximum Gasteiger partial charge on any atom is 0.295 e. The van der Waals surface area contributed by atoms with Crippen molar-refractivity contribution in [2.75, 3.05) is 5.32 Å². The lowest BCUT2D eigenvalue weighted by Crippen LogP contribution is -2.08. The molecule has 0 aliphatic heterocycles. The van der Waals surface area contributed by atoms with Crippen molar-refractivity contribution in [1.29, 1.82) is 0 Å². The Kier molecular flexibility index (Phi) is 6.80. The Morgan fingerprint density at radius 3 is 2.00 bits per heavy atom. The summed E-state index contributed by atoms with van der Waals surface area (Å²) in [7, 11) is -9.28. The number of hydrogen-bond donors (Lipinski definition) is 3. The lowest BCUT2D eigenvalue weighted by molar-refractivity contribution is -0.114. The molecular weight excluding hydrogens is 440 g/mol. The molecule has 3 N–H and O–H groups in total. The summed E-state index contributed by atoms with van der Waals surface area (Å²) >= 11 is 4.45. The second-order valence-electron chi connectivity index (χ2n) is 5.64. The number of amides is 1. The Bertz CT molecular complexity index is 1260. The van der Waals surface area contributed by atoms with E-state index in [1.807, 2.05) is 0 Å². The van der Waals surface area contributed by atoms with Gasteiger partial charge in [-0.3, -0.25) is 13.9 Å². The van der Waals surface area contributed by atoms with Crippen molar-refractivity contribution in [3.63, 3.8) is 0 Å². The first-order valence-corrected chi connectivity index (χ1v) is 11.0. The SMILES string of the molecule is CC(=O)Nc1ccc(/C=C/c2ccc(N=C=S)cc2S(=O)(=O)O)c(S(=O)(=O)O)c1. The summed E-state index contributed by atoms with van der Waals surface area (Å²) in [5.74, 6) is -0.438. The van der Waals surface area contributed by atoms with E-state index in [1.165, 1.54) is 43.3 Å². The van der Waals surface area contributed by atoms with E-state index in [-0.39, 0.29) is 22.5 Å². The molecule has 0 heterocycles. The highest BCUT2D eigenvalue weighted by atomic mass is 32.2. The Labute approximate surface area is 172 Å². The van der Waals surface area contributed by atoms with Crippen LogP contribution >= 0.6 is 12.2 Å². The predicted molar refractivity (Wildman–Crippen MR) is 110 cm³/mol. The van der Waals surface area contributed by atoms with Gasteiger partial charge in [0.2, 0.25) is 5.91 Å². The van der Waals surface area contributed by atoms with E-state index in [4.69, 9.17) is 0 Å². The highest BCUT2D eigenvalue weighted by molar-refractivity contribution is 7.86. The van der Waals surface area contributed by atoms with Crippen LogP contribution in [0.1, 0.15) is 18.1 Å². The Morgan fingerprint density at radius 1 is 1.00 bits per heavy atom. The van der Waals surface area contributed by atoms with Crippen molar-refractivity contribution in [3.8, 4) is 0 Å². The van der Waals surface area contributed by atoms with Crippen LogP contribution in [0.4, 0.5) is 11.4 Å². The first kappa shape index (κ1) is 22.6. The number of isothiocyanates is 1. The van der Waals surface area contributed by atoms with Crippen molar-refractivity contribution in [1.82, 2.24) is 0 Å². The molecule has 0 aliphatic carbocycles. The quantitative estimate of drug-likeness (QED) is 0.261. The topological polar surface area (TPSA) is 150 Å². The number of nitrogens with zero attached hydrogens (tertiary/aromatic N) is 1. The molecule has 0 saturated carbocycles. The van der Waals surface area contributed by atoms with Crippen molar-refractivity contribution in [3.05, 3.63) is 47.5 Å². The summed E-state index contributed by atoms with van der Waals surface area (Å²) in [4.78, 5) is 13.8. The molecule has 0 saturated heterocycles. The van der Waals surface area contributed by atoms with E-state index in [1.54, 1.807) is 0 Å². The third-order valence-corrected chi connectivity index (χ3v) is 5.41. The van der Waals surface area contributed by atoms with Crippen LogP contribution in [-0.4, -0.2) is 37.0 Å². The van der Waals surface area contributed by atoms with Crippen LogP contribution in [-0.2, 0) is 25.0 Å². The van der Waals surface area contributed by atoms with Gasteiger partial charge in [-0.15, -0.1) is 0 Å². The van der Waals surface area contributed by atoms with Gasteiger partial charge >= 0.3 is 0 Å². The molecule has 29 heavy (non-hydrogen) atoms. The van der Waals surface area contributed by atoms with Gasteiger partial charge in [0.15, 0.2) is 0 Å². The third kappa shape index (κ3) is 6.12. The number of nitrogens with one attached hydrogen (secondary N) is 1. The molecule has 0 aliphatic rings. The predicted octanol–water partition coefficient (Wildman–Crippen LogP) is 3.04. The maximum absolute atomic E-state index is 11.7. The summed E-state index contributed by atoms with van der Waals surface area (Å²) < 4.78 is 65.6. The van der Waals surface area contributed by atoms with Crippen molar-refractivity contribution >= 4 is 67.0 Å². The zero-order valence-electron chi connectivity index (χ0n) is 14.7. The average Bonchev–Trinajstić information content (AvgIpc) is 2.59. The van der Waals surface area contributed by atoms with Crippen molar-refractivity contribution in [2.45, 2.75) is 16.7 Å². The van der Waals surface area contributed by atoms with E-state index >= 15 is 0 Å². The molecule has 0 bridgehead atoms. The minimum atomic E-state index is -4.65. The molecule has 2 aromatic rings. The van der Waals surface area contributed by atoms with E-state index in [0.717, 1.165) is 12.1 Å². The number of thiocarbonyl (C=S) groups is 1. The second kappa shape index (κ2) is 8.74. The van der Waals surface area contributed by atoms with Crippen LogP contribution in [0, 0.1) is 0 Å². The molecule has 2 rings (SSSR count). The van der Waals surface area contributed by atoms with Gasteiger partial charge in [-0.1, -0.05) is 24.3 Å². The average molecular weight is 455 g/mol. The lowest BCUT2D eigenvalue weighted by Gasteiger charge is -2.08. The summed E-state index contributed by atoms with van der Waals surface area (Å²) in [5, 5.41) is 4.46. The summed E-state index contributed by atoms with van der Waals surface area (Å²) in [5.41, 5.74) is 0.332. The monoisotopic (exact) mass is 454 g/mol. The normalized spacial score (nSPS) is 11.8. The van der Waals surface area contributed by atoms with Crippen LogP contribution in [0.15, 0.2) is 51.2 Å². The Morgan fingerprint density at radius 2 is 1.52 bits per heavy atom. The number of carbonyl (C=O) groups is 1. The first-order valence-electron chi connectivity index (χ1n) is 7.68. The molecule has 0 atom stereocenters. The molecule has 0 unspecified atom stereocenters. The molecule has 9 nitrogen and oxygen atoms in total. The molecule has 0 fully saturated rings. The standard InChI is InChI=1S/C17H14N2O7S3/c1-11(20)19-15-7-5-13(17(9-15)29(24,25)26)3-2-12-4-6-14(18-10-27)8-16(12)28(21,22)23/h2-9H,1H3,(H,19,20)(H,21,22,23)(H,24,25,26)/b3-2+. The summed E-state index contributed by atoms with van der Waals surface area (Å²) in [6.07, 6.45) is 2.46. The fourth-order valence-corrected chi connectivity index (χ4v) is 3.88. The van der Waals surface area contributed by atoms with Crippen molar-refractivity contribution in [2.24, 2.45) is 4.99 Å². The fraction of sp³-hybridized carbons (Fsp3) is 0.0588. The molecule has 0 spiro atoms. The highest BCUT2D eigenvalue weighted by Gasteiger charge is 2.17. The number of anilines is 1. The molecule has 2 aromatic carbocycles. The third-order valence-electron chi connectivity index (χ3n) is 3.50. The minimum Gasteiger partial charge on any atom is -0.326 e. The number of benzene rings is 2. The smallest absolute Gasteiger partial charge is 0.295 e. The molecule has 12 heteroatoms. The van der Waals surface area contributed by atoms with Gasteiger partial charge in [0.05, 0.1) is 10.8 Å². The van der Waals surface area contributed by atoms with Crippen molar-refractivity contribution < 1.29 is 30.7 Å². The van der Waals surface area contributed by atoms with Gasteiger partial charge in [0.1, 0.15) is 9.79 Å². The molecule has 152 valence electrons. The summed E-state index contributed by atoms with van der Waals surface area (Å²) in [6.45, 7) is 1.23. The second-order valence-corrected chi connectivity index (χ2v) is 8.60. The van der Waals surface area contributed by atoms with Crippen LogP contribution < -0.4 is 5.32 Å². The van der Waals surface area contributed by atoms with E-state index in [2.05, 4.69) is 27.7 Å². The van der Waals surface area contributed by atoms with Crippen LogP contribution in [0.2, 0.25) is 0 Å². The first-order chi connectivity index (χ1) is 13.4. The minimum absolute atomic E-state index is 0.0175. The molecule has 0 radical (unpaired) electrons. The van der Waals surface area contributed by atoms with Gasteiger partial charge in [-0.05, 0) is 47.6 Å². The van der Waals surface area contributed by atoms with Crippen LogP contribution in [0.3, 0.4) is 0 Å². The lowest BCUT2D eigenvalue weighted by atomic mass is 10.1. The zero-order valence-corrected chi connectivity index (χ0v) is 17.2. The fourth-order valence-electron chi connectivity index (χ4n) is 2.36. The van der Waals surface area contributed by atoms with Gasteiger partial charge in [0.25, 0.3) is 20.2 Å². The zero-order chi connectivity index (χ0) is 21.8. The van der Waals surface area contributed by atoms with Crippen LogP contribution in [0.5, 0.6) is 0 Å². The molecular formula is C17H14N2O7S3. The molecule has 0 aromatic heterocycles. The van der Waals surface area contributed by atoms with Gasteiger partial charge in [-0.25, -0.2) is 0 Å². The number of rotatable bonds is 6. The summed E-state index contributed by atoms with van der Waals surface area (Å²) in [6, 6.07) is 7.57. The van der Waals surface area contributed by atoms with E-state index in [0.29, 0.717) is 0 Å². The largest absolute Gasteiger partial charge is 0.326 e. The van der Waals surface area contributed by atoms with Gasteiger partial charge < -0.3 is 5.32 Å². The number of hydrogen-bond acceptors (Lipinski definition) is 7. The Hall–Kier alpha value is -2.73.